The summed E-state index contributed by atoms with van der Waals surface area (Å²) >= 11 is 6.49. The van der Waals surface area contributed by atoms with Gasteiger partial charge >= 0.3 is 12.3 Å². The fraction of sp³-hybridized carbons (Fsp3) is 0.269. The third kappa shape index (κ3) is 6.51. The number of rotatable bonds is 10. The SMILES string of the molecule is O=C1CC(CC(F)(F)C(F)F)=CC=C1/C=C/c1ccn(CC(O)(Cn2cncn2)c2ccc(F)cc2F)c1Cl. The molecule has 0 aliphatic heterocycles. The van der Waals surface area contributed by atoms with Crippen LogP contribution in [0.1, 0.15) is 24.0 Å². The first-order valence-electron chi connectivity index (χ1n) is 11.5. The minimum atomic E-state index is -4.23. The highest BCUT2D eigenvalue weighted by molar-refractivity contribution is 6.31. The summed E-state index contributed by atoms with van der Waals surface area (Å²) in [6.45, 7) is -0.510. The molecule has 1 aromatic carbocycles. The van der Waals surface area contributed by atoms with Gasteiger partial charge in [-0.2, -0.15) is 13.9 Å². The highest BCUT2D eigenvalue weighted by Gasteiger charge is 2.41. The first-order chi connectivity index (χ1) is 18.4. The van der Waals surface area contributed by atoms with Crippen LogP contribution in [0.4, 0.5) is 26.3 Å². The first-order valence-corrected chi connectivity index (χ1v) is 11.9. The largest absolute Gasteiger partial charge is 0.381 e. The quantitative estimate of drug-likeness (QED) is 0.316. The number of carbonyl (C=O) groups is 1. The van der Waals surface area contributed by atoms with E-state index < -0.39 is 48.2 Å². The fourth-order valence-corrected chi connectivity index (χ4v) is 4.41. The van der Waals surface area contributed by atoms with Gasteiger partial charge in [0.25, 0.3) is 0 Å². The maximum Gasteiger partial charge on any atom is 0.311 e. The fourth-order valence-electron chi connectivity index (χ4n) is 4.17. The summed E-state index contributed by atoms with van der Waals surface area (Å²) in [6.07, 6.45) is 3.94. The maximum atomic E-state index is 14.7. The molecule has 1 aliphatic rings. The lowest BCUT2D eigenvalue weighted by Crippen LogP contribution is -2.37. The number of ketones is 1. The summed E-state index contributed by atoms with van der Waals surface area (Å²) in [7, 11) is 0. The van der Waals surface area contributed by atoms with Crippen LogP contribution in [0.2, 0.25) is 5.15 Å². The summed E-state index contributed by atoms with van der Waals surface area (Å²) < 4.78 is 82.5. The molecule has 0 radical (unpaired) electrons. The van der Waals surface area contributed by atoms with Gasteiger partial charge in [0.15, 0.2) is 5.78 Å². The van der Waals surface area contributed by atoms with Gasteiger partial charge in [0.05, 0.1) is 13.1 Å². The summed E-state index contributed by atoms with van der Waals surface area (Å²) in [5.74, 6) is -6.54. The molecule has 206 valence electrons. The Kier molecular flexibility index (Phi) is 8.17. The van der Waals surface area contributed by atoms with Crippen LogP contribution in [0.3, 0.4) is 0 Å². The van der Waals surface area contributed by atoms with Crippen molar-refractivity contribution in [3.8, 4) is 0 Å². The monoisotopic (exact) mass is 570 g/mol. The summed E-state index contributed by atoms with van der Waals surface area (Å²) in [5.41, 5.74) is -1.67. The predicted molar refractivity (Wildman–Crippen MR) is 130 cm³/mol. The number of aliphatic hydroxyl groups is 1. The van der Waals surface area contributed by atoms with E-state index in [-0.39, 0.29) is 35.0 Å². The van der Waals surface area contributed by atoms with Gasteiger partial charge in [0.2, 0.25) is 0 Å². The molecule has 0 fully saturated rings. The number of halogens is 7. The van der Waals surface area contributed by atoms with Gasteiger partial charge in [-0.1, -0.05) is 47.5 Å². The van der Waals surface area contributed by atoms with E-state index in [1.807, 2.05) is 0 Å². The number of nitrogens with zero attached hydrogens (tertiary/aromatic N) is 4. The molecule has 0 saturated heterocycles. The molecule has 0 bridgehead atoms. The number of aromatic nitrogens is 4. The Hall–Kier alpha value is -3.64. The molecular formula is C26H21ClF6N4O2. The third-order valence-electron chi connectivity index (χ3n) is 6.11. The van der Waals surface area contributed by atoms with Gasteiger partial charge in [0.1, 0.15) is 35.0 Å². The molecule has 0 spiro atoms. The molecule has 1 atom stereocenters. The average molecular weight is 571 g/mol. The Balaban J connectivity index is 1.56. The number of hydrogen-bond acceptors (Lipinski definition) is 4. The van der Waals surface area contributed by atoms with Crippen molar-refractivity contribution in [1.82, 2.24) is 19.3 Å². The molecular weight excluding hydrogens is 550 g/mol. The van der Waals surface area contributed by atoms with Crippen molar-refractivity contribution in [2.75, 3.05) is 0 Å². The molecule has 6 nitrogen and oxygen atoms in total. The van der Waals surface area contributed by atoms with Crippen molar-refractivity contribution in [2.24, 2.45) is 0 Å². The van der Waals surface area contributed by atoms with E-state index in [0.29, 0.717) is 11.6 Å². The molecule has 1 aliphatic carbocycles. The van der Waals surface area contributed by atoms with Crippen molar-refractivity contribution < 1.29 is 36.2 Å². The lowest BCUT2D eigenvalue weighted by atomic mass is 9.92. The molecule has 0 amide bonds. The van der Waals surface area contributed by atoms with Crippen molar-refractivity contribution >= 4 is 23.5 Å². The highest BCUT2D eigenvalue weighted by Crippen LogP contribution is 2.34. The Labute approximate surface area is 223 Å². The van der Waals surface area contributed by atoms with E-state index in [0.717, 1.165) is 12.1 Å². The minimum Gasteiger partial charge on any atom is -0.381 e. The molecule has 0 saturated carbocycles. The standard InChI is InChI=1S/C26H21ClF6N4O2/c27-23-18(4-3-17-2-1-16(9-22(17)38)11-26(32,33)24(30)31)7-8-36(23)12-25(39,13-37-15-34-14-35-37)20-6-5-19(28)10-21(20)29/h1-8,10,14-15,24,39H,9,11-13H2/b4-3+. The van der Waals surface area contributed by atoms with Crippen LogP contribution in [0, 0.1) is 11.6 Å². The van der Waals surface area contributed by atoms with Gasteiger partial charge in [-0.15, -0.1) is 0 Å². The molecule has 2 aromatic heterocycles. The lowest BCUT2D eigenvalue weighted by Gasteiger charge is -2.30. The van der Waals surface area contributed by atoms with E-state index in [9.17, 15) is 36.2 Å². The predicted octanol–water partition coefficient (Wildman–Crippen LogP) is 5.73. The van der Waals surface area contributed by atoms with E-state index in [2.05, 4.69) is 10.1 Å². The first kappa shape index (κ1) is 28.4. The number of benzene rings is 1. The zero-order valence-electron chi connectivity index (χ0n) is 20.0. The van der Waals surface area contributed by atoms with Crippen LogP contribution in [0.25, 0.3) is 6.08 Å². The van der Waals surface area contributed by atoms with Crippen LogP contribution >= 0.6 is 11.6 Å². The average Bonchev–Trinajstić information content (AvgIpc) is 3.48. The highest BCUT2D eigenvalue weighted by atomic mass is 35.5. The number of alkyl halides is 4. The summed E-state index contributed by atoms with van der Waals surface area (Å²) in [5, 5.41) is 15.6. The zero-order chi connectivity index (χ0) is 28.4. The van der Waals surface area contributed by atoms with Crippen molar-refractivity contribution in [3.05, 3.63) is 100 Å². The molecule has 1 unspecified atom stereocenters. The lowest BCUT2D eigenvalue weighted by molar-refractivity contribution is -0.128. The Morgan fingerprint density at radius 3 is 2.54 bits per heavy atom. The van der Waals surface area contributed by atoms with E-state index >= 15 is 0 Å². The molecule has 39 heavy (non-hydrogen) atoms. The topological polar surface area (TPSA) is 72.9 Å². The molecule has 4 rings (SSSR count). The Bertz CT molecular complexity index is 1450. The Morgan fingerprint density at radius 2 is 1.90 bits per heavy atom. The van der Waals surface area contributed by atoms with Crippen LogP contribution in [0.5, 0.6) is 0 Å². The van der Waals surface area contributed by atoms with Crippen LogP contribution < -0.4 is 0 Å². The van der Waals surface area contributed by atoms with Crippen molar-refractivity contribution in [1.29, 1.82) is 0 Å². The van der Waals surface area contributed by atoms with E-state index in [4.69, 9.17) is 11.6 Å². The number of carbonyl (C=O) groups excluding carboxylic acids is 1. The van der Waals surface area contributed by atoms with E-state index in [1.54, 1.807) is 6.07 Å². The van der Waals surface area contributed by atoms with Gasteiger partial charge in [0, 0.05) is 41.8 Å². The summed E-state index contributed by atoms with van der Waals surface area (Å²) in [4.78, 5) is 16.2. The molecule has 3 aromatic rings. The second kappa shape index (κ2) is 11.2. The van der Waals surface area contributed by atoms with Gasteiger partial charge in [-0.3, -0.25) is 4.79 Å². The van der Waals surface area contributed by atoms with Crippen molar-refractivity contribution in [3.63, 3.8) is 0 Å². The zero-order valence-corrected chi connectivity index (χ0v) is 20.8. The molecule has 2 heterocycles. The minimum absolute atomic E-state index is 0.105. The number of Topliss-reactive ketones (excluding diaryl/α,β-unsaturated/α-hetero) is 1. The summed E-state index contributed by atoms with van der Waals surface area (Å²) in [6, 6.07) is 4.35. The van der Waals surface area contributed by atoms with Crippen LogP contribution in [-0.4, -0.2) is 42.6 Å². The number of hydrogen-bond donors (Lipinski definition) is 1. The normalized spacial score (nSPS) is 16.1. The van der Waals surface area contributed by atoms with Gasteiger partial charge in [-0.25, -0.2) is 27.2 Å². The third-order valence-corrected chi connectivity index (χ3v) is 6.55. The van der Waals surface area contributed by atoms with Gasteiger partial charge < -0.3 is 9.67 Å². The van der Waals surface area contributed by atoms with Crippen molar-refractivity contribution in [2.45, 2.75) is 43.9 Å². The van der Waals surface area contributed by atoms with Gasteiger partial charge in [-0.05, 0) is 12.1 Å². The maximum absolute atomic E-state index is 14.7. The second-order valence-electron chi connectivity index (χ2n) is 9.06. The second-order valence-corrected chi connectivity index (χ2v) is 9.42. The smallest absolute Gasteiger partial charge is 0.311 e. The number of allylic oxidation sites excluding steroid dienone is 5. The molecule has 1 N–H and O–H groups in total. The van der Waals surface area contributed by atoms with Crippen LogP contribution in [0.15, 0.2) is 72.5 Å². The van der Waals surface area contributed by atoms with E-state index in [1.165, 1.54) is 52.4 Å². The van der Waals surface area contributed by atoms with Crippen LogP contribution in [-0.2, 0) is 23.5 Å². The Morgan fingerprint density at radius 1 is 1.13 bits per heavy atom. The molecule has 13 heteroatoms.